The van der Waals surface area contributed by atoms with Crippen molar-refractivity contribution in [1.82, 2.24) is 4.98 Å². The first-order valence-electron chi connectivity index (χ1n) is 4.57. The Morgan fingerprint density at radius 1 is 1.62 bits per heavy atom. The first kappa shape index (κ1) is 14.0. The zero-order chi connectivity index (χ0) is 12.1. The third-order valence-electron chi connectivity index (χ3n) is 1.77. The highest BCUT2D eigenvalue weighted by atomic mass is 79.9. The van der Waals surface area contributed by atoms with Crippen molar-refractivity contribution in [2.45, 2.75) is 23.6 Å². The molecule has 0 saturated carbocycles. The fourth-order valence-corrected chi connectivity index (χ4v) is 3.19. The van der Waals surface area contributed by atoms with Crippen molar-refractivity contribution in [3.05, 3.63) is 21.2 Å². The normalized spacial score (nSPS) is 12.2. The van der Waals surface area contributed by atoms with Gasteiger partial charge >= 0.3 is 5.97 Å². The van der Waals surface area contributed by atoms with Crippen LogP contribution in [0.2, 0.25) is 0 Å². The maximum atomic E-state index is 11.1. The lowest BCUT2D eigenvalue weighted by Crippen LogP contribution is -2.08. The van der Waals surface area contributed by atoms with Crippen LogP contribution in [0.1, 0.15) is 13.3 Å². The van der Waals surface area contributed by atoms with Crippen LogP contribution in [-0.4, -0.2) is 23.3 Å². The molecule has 1 heterocycles. The summed E-state index contributed by atoms with van der Waals surface area (Å²) in [4.78, 5) is 15.3. The number of esters is 1. The van der Waals surface area contributed by atoms with E-state index in [-0.39, 0.29) is 11.2 Å². The zero-order valence-corrected chi connectivity index (χ0v) is 12.9. The number of aromatic nitrogens is 1. The molecule has 0 fully saturated rings. The molecule has 3 nitrogen and oxygen atoms in total. The van der Waals surface area contributed by atoms with Gasteiger partial charge in [-0.1, -0.05) is 6.92 Å². The molecule has 0 spiro atoms. The van der Waals surface area contributed by atoms with E-state index in [1.54, 1.807) is 18.0 Å². The second-order valence-electron chi connectivity index (χ2n) is 3.15. The topological polar surface area (TPSA) is 39.2 Å². The summed E-state index contributed by atoms with van der Waals surface area (Å²) in [5.74, 6) is -0.201. The molecule has 0 amide bonds. The Balaban J connectivity index is 2.62. The maximum absolute atomic E-state index is 11.1. The van der Waals surface area contributed by atoms with E-state index in [0.29, 0.717) is 6.42 Å². The molecule has 0 aliphatic rings. The SMILES string of the molecule is COC(=O)CC(C)Sc1ncc(Br)cc1Br. The number of hydrogen-bond donors (Lipinski definition) is 0. The summed E-state index contributed by atoms with van der Waals surface area (Å²) in [5, 5.41) is 1.01. The average Bonchev–Trinajstić information content (AvgIpc) is 2.22. The number of carbonyl (C=O) groups is 1. The van der Waals surface area contributed by atoms with Crippen molar-refractivity contribution in [3.63, 3.8) is 0 Å². The summed E-state index contributed by atoms with van der Waals surface area (Å²) >= 11 is 8.31. The van der Waals surface area contributed by atoms with Crippen LogP contribution in [0.5, 0.6) is 0 Å². The number of ether oxygens (including phenoxy) is 1. The molecular formula is C10H11Br2NO2S. The van der Waals surface area contributed by atoms with Crippen molar-refractivity contribution < 1.29 is 9.53 Å². The molecule has 0 aliphatic carbocycles. The van der Waals surface area contributed by atoms with Crippen LogP contribution >= 0.6 is 43.6 Å². The van der Waals surface area contributed by atoms with E-state index in [9.17, 15) is 4.79 Å². The van der Waals surface area contributed by atoms with E-state index >= 15 is 0 Å². The minimum absolute atomic E-state index is 0.137. The second-order valence-corrected chi connectivity index (χ2v) is 6.35. The lowest BCUT2D eigenvalue weighted by atomic mass is 10.3. The van der Waals surface area contributed by atoms with Crippen LogP contribution in [0.25, 0.3) is 0 Å². The molecule has 0 aromatic carbocycles. The summed E-state index contributed by atoms with van der Waals surface area (Å²) in [7, 11) is 1.40. The summed E-state index contributed by atoms with van der Waals surface area (Å²) < 4.78 is 6.46. The van der Waals surface area contributed by atoms with E-state index in [4.69, 9.17) is 0 Å². The predicted molar refractivity (Wildman–Crippen MR) is 71.6 cm³/mol. The van der Waals surface area contributed by atoms with E-state index < -0.39 is 0 Å². The number of carbonyl (C=O) groups excluding carboxylic acids is 1. The van der Waals surface area contributed by atoms with E-state index in [0.717, 1.165) is 14.0 Å². The zero-order valence-electron chi connectivity index (χ0n) is 8.87. The highest BCUT2D eigenvalue weighted by Gasteiger charge is 2.13. The van der Waals surface area contributed by atoms with Crippen molar-refractivity contribution in [1.29, 1.82) is 0 Å². The van der Waals surface area contributed by atoms with Crippen molar-refractivity contribution in [2.24, 2.45) is 0 Å². The largest absolute Gasteiger partial charge is 0.469 e. The number of hydrogen-bond acceptors (Lipinski definition) is 4. The van der Waals surface area contributed by atoms with Gasteiger partial charge in [0.25, 0.3) is 0 Å². The number of pyridine rings is 1. The van der Waals surface area contributed by atoms with Crippen LogP contribution in [0.15, 0.2) is 26.2 Å². The van der Waals surface area contributed by atoms with Gasteiger partial charge in [-0.2, -0.15) is 0 Å². The lowest BCUT2D eigenvalue weighted by Gasteiger charge is -2.10. The monoisotopic (exact) mass is 367 g/mol. The molecule has 0 aliphatic heterocycles. The molecule has 1 aromatic rings. The van der Waals surface area contributed by atoms with Gasteiger partial charge in [-0.25, -0.2) is 4.98 Å². The molecule has 0 radical (unpaired) electrons. The Labute approximate surface area is 116 Å². The van der Waals surface area contributed by atoms with Crippen LogP contribution in [-0.2, 0) is 9.53 Å². The van der Waals surface area contributed by atoms with Crippen molar-refractivity contribution in [2.75, 3.05) is 7.11 Å². The van der Waals surface area contributed by atoms with Gasteiger partial charge in [0.2, 0.25) is 0 Å². The minimum atomic E-state index is -0.201. The van der Waals surface area contributed by atoms with Gasteiger partial charge < -0.3 is 4.74 Å². The maximum Gasteiger partial charge on any atom is 0.306 e. The highest BCUT2D eigenvalue weighted by Crippen LogP contribution is 2.31. The molecule has 6 heteroatoms. The Morgan fingerprint density at radius 2 is 2.31 bits per heavy atom. The fraction of sp³-hybridized carbons (Fsp3) is 0.400. The molecule has 0 bridgehead atoms. The molecule has 1 rings (SSSR count). The molecule has 1 unspecified atom stereocenters. The third kappa shape index (κ3) is 4.43. The molecular weight excluding hydrogens is 358 g/mol. The van der Waals surface area contributed by atoms with Crippen LogP contribution < -0.4 is 0 Å². The Morgan fingerprint density at radius 3 is 2.88 bits per heavy atom. The molecule has 0 saturated heterocycles. The summed E-state index contributed by atoms with van der Waals surface area (Å²) in [6.07, 6.45) is 2.11. The summed E-state index contributed by atoms with van der Waals surface area (Å²) in [6.45, 7) is 1.97. The first-order chi connectivity index (χ1) is 7.52. The quantitative estimate of drug-likeness (QED) is 0.600. The van der Waals surface area contributed by atoms with Crippen LogP contribution in [0, 0.1) is 0 Å². The Bertz CT molecular complexity index is 387. The second kappa shape index (κ2) is 6.61. The number of thioether (sulfide) groups is 1. The van der Waals surface area contributed by atoms with Crippen LogP contribution in [0.3, 0.4) is 0 Å². The number of nitrogens with zero attached hydrogens (tertiary/aromatic N) is 1. The molecule has 1 atom stereocenters. The molecule has 0 N–H and O–H groups in total. The smallest absolute Gasteiger partial charge is 0.306 e. The van der Waals surface area contributed by atoms with Gasteiger partial charge in [0, 0.05) is 15.9 Å². The highest BCUT2D eigenvalue weighted by molar-refractivity contribution is 9.11. The van der Waals surface area contributed by atoms with Gasteiger partial charge in [-0.05, 0) is 37.9 Å². The third-order valence-corrected chi connectivity index (χ3v) is 4.19. The molecule has 16 heavy (non-hydrogen) atoms. The van der Waals surface area contributed by atoms with Gasteiger partial charge in [0.1, 0.15) is 5.03 Å². The van der Waals surface area contributed by atoms with Gasteiger partial charge in [0.05, 0.1) is 18.0 Å². The standard InChI is InChI=1S/C10H11Br2NO2S/c1-6(3-9(14)15-2)16-10-8(12)4-7(11)5-13-10/h4-6H,3H2,1-2H3. The lowest BCUT2D eigenvalue weighted by molar-refractivity contribution is -0.140. The van der Waals surface area contributed by atoms with E-state index in [1.165, 1.54) is 7.11 Å². The van der Waals surface area contributed by atoms with Gasteiger partial charge in [-0.15, -0.1) is 11.8 Å². The Kier molecular flexibility index (Phi) is 5.78. The predicted octanol–water partition coefficient (Wildman–Crippen LogP) is 3.65. The summed E-state index contributed by atoms with van der Waals surface area (Å²) in [5.41, 5.74) is 0. The average molecular weight is 369 g/mol. The fourth-order valence-electron chi connectivity index (χ4n) is 1.04. The molecule has 1 aromatic heterocycles. The number of methoxy groups -OCH3 is 1. The van der Waals surface area contributed by atoms with Crippen molar-refractivity contribution in [3.8, 4) is 0 Å². The number of halogens is 2. The van der Waals surface area contributed by atoms with Crippen LogP contribution in [0.4, 0.5) is 0 Å². The number of rotatable bonds is 4. The van der Waals surface area contributed by atoms with E-state index in [1.807, 2.05) is 13.0 Å². The summed E-state index contributed by atoms with van der Waals surface area (Å²) in [6, 6.07) is 1.93. The Hall–Kier alpha value is -0.0700. The van der Waals surface area contributed by atoms with Gasteiger partial charge in [0.15, 0.2) is 0 Å². The van der Waals surface area contributed by atoms with E-state index in [2.05, 4.69) is 41.6 Å². The van der Waals surface area contributed by atoms with Crippen molar-refractivity contribution >= 4 is 49.6 Å². The minimum Gasteiger partial charge on any atom is -0.469 e. The molecule has 88 valence electrons. The first-order valence-corrected chi connectivity index (χ1v) is 7.04. The van der Waals surface area contributed by atoms with Gasteiger partial charge in [-0.3, -0.25) is 4.79 Å².